The van der Waals surface area contributed by atoms with Gasteiger partial charge in [0.05, 0.1) is 12.5 Å². The number of amides is 3. The summed E-state index contributed by atoms with van der Waals surface area (Å²) in [6.07, 6.45) is 3.40. The lowest BCUT2D eigenvalue weighted by Gasteiger charge is -2.31. The number of urea groups is 1. The smallest absolute Gasteiger partial charge is 0.321 e. The van der Waals surface area contributed by atoms with Crippen molar-refractivity contribution in [1.29, 1.82) is 0 Å². The van der Waals surface area contributed by atoms with Crippen molar-refractivity contribution >= 4 is 29.3 Å². The van der Waals surface area contributed by atoms with Crippen LogP contribution in [0.4, 0.5) is 16.2 Å². The van der Waals surface area contributed by atoms with Crippen molar-refractivity contribution < 1.29 is 19.1 Å². The van der Waals surface area contributed by atoms with Crippen molar-refractivity contribution in [2.75, 3.05) is 30.3 Å². The van der Waals surface area contributed by atoms with Gasteiger partial charge in [0.25, 0.3) is 0 Å². The lowest BCUT2D eigenvalue weighted by atomic mass is 9.98. The molecule has 3 rings (SSSR count). The normalized spacial score (nSPS) is 19.6. The molecule has 1 aliphatic heterocycles. The van der Waals surface area contributed by atoms with Gasteiger partial charge in [-0.25, -0.2) is 4.79 Å². The zero-order valence-electron chi connectivity index (χ0n) is 15.0. The topological polar surface area (TPSA) is 87.7 Å². The van der Waals surface area contributed by atoms with E-state index in [0.717, 1.165) is 25.7 Å². The summed E-state index contributed by atoms with van der Waals surface area (Å²) >= 11 is 0. The number of piperidine rings is 1. The third kappa shape index (κ3) is 4.74. The monoisotopic (exact) mass is 359 g/mol. The summed E-state index contributed by atoms with van der Waals surface area (Å²) < 4.78 is 5.07. The first kappa shape index (κ1) is 18.2. The summed E-state index contributed by atoms with van der Waals surface area (Å²) in [5.41, 5.74) is 1.28. The van der Waals surface area contributed by atoms with Crippen LogP contribution in [-0.4, -0.2) is 42.5 Å². The Morgan fingerprint density at radius 2 is 1.85 bits per heavy atom. The average Bonchev–Trinajstić information content (AvgIpc) is 3.47. The molecule has 1 aromatic carbocycles. The first-order chi connectivity index (χ1) is 12.6. The summed E-state index contributed by atoms with van der Waals surface area (Å²) in [7, 11) is 0. The van der Waals surface area contributed by atoms with Crippen molar-refractivity contribution in [2.24, 2.45) is 11.8 Å². The third-order valence-electron chi connectivity index (χ3n) is 4.66. The molecule has 2 N–H and O–H groups in total. The van der Waals surface area contributed by atoms with Crippen molar-refractivity contribution in [3.05, 3.63) is 24.3 Å². The van der Waals surface area contributed by atoms with Crippen molar-refractivity contribution in [3.8, 4) is 0 Å². The van der Waals surface area contributed by atoms with E-state index in [1.165, 1.54) is 0 Å². The molecular weight excluding hydrogens is 334 g/mol. The van der Waals surface area contributed by atoms with Crippen LogP contribution in [0.1, 0.15) is 32.6 Å². The predicted molar refractivity (Wildman–Crippen MR) is 97.7 cm³/mol. The summed E-state index contributed by atoms with van der Waals surface area (Å²) in [6.45, 7) is 3.10. The first-order valence-electron chi connectivity index (χ1n) is 9.20. The number of likely N-dealkylation sites (tertiary alicyclic amines) is 1. The molecule has 1 aliphatic carbocycles. The van der Waals surface area contributed by atoms with Crippen LogP contribution < -0.4 is 10.6 Å². The van der Waals surface area contributed by atoms with E-state index >= 15 is 0 Å². The number of anilines is 2. The second-order valence-corrected chi connectivity index (χ2v) is 6.81. The van der Waals surface area contributed by atoms with Gasteiger partial charge in [0.1, 0.15) is 0 Å². The van der Waals surface area contributed by atoms with Crippen LogP contribution in [0.15, 0.2) is 24.3 Å². The highest BCUT2D eigenvalue weighted by molar-refractivity contribution is 5.95. The Morgan fingerprint density at radius 3 is 2.54 bits per heavy atom. The Labute approximate surface area is 153 Å². The molecular formula is C19H25N3O4. The Morgan fingerprint density at radius 1 is 1.12 bits per heavy atom. The molecule has 0 radical (unpaired) electrons. The van der Waals surface area contributed by atoms with E-state index in [9.17, 15) is 14.4 Å². The number of ether oxygens (including phenoxy) is 1. The molecule has 1 saturated carbocycles. The number of benzene rings is 1. The number of hydrogen-bond acceptors (Lipinski definition) is 4. The van der Waals surface area contributed by atoms with Gasteiger partial charge >= 0.3 is 12.0 Å². The van der Waals surface area contributed by atoms with E-state index in [-0.39, 0.29) is 29.7 Å². The van der Waals surface area contributed by atoms with E-state index in [1.807, 2.05) is 0 Å². The van der Waals surface area contributed by atoms with E-state index in [4.69, 9.17) is 4.74 Å². The van der Waals surface area contributed by atoms with Crippen LogP contribution in [0.25, 0.3) is 0 Å². The first-order valence-corrected chi connectivity index (χ1v) is 9.20. The van der Waals surface area contributed by atoms with E-state index in [2.05, 4.69) is 10.6 Å². The SMILES string of the molecule is CCOC(=O)[C@H]1CCCN(C(=O)Nc2cccc(NC(=O)C3CC3)c2)C1. The molecule has 3 amide bonds. The maximum absolute atomic E-state index is 12.5. The van der Waals surface area contributed by atoms with Gasteiger partial charge in [-0.05, 0) is 50.8 Å². The lowest BCUT2D eigenvalue weighted by Crippen LogP contribution is -2.44. The second kappa shape index (κ2) is 8.21. The van der Waals surface area contributed by atoms with Crippen LogP contribution in [-0.2, 0) is 14.3 Å². The molecule has 1 atom stereocenters. The molecule has 2 fully saturated rings. The van der Waals surface area contributed by atoms with Gasteiger partial charge < -0.3 is 20.3 Å². The fraction of sp³-hybridized carbons (Fsp3) is 0.526. The maximum atomic E-state index is 12.5. The van der Waals surface area contributed by atoms with Gasteiger partial charge in [-0.1, -0.05) is 6.07 Å². The zero-order chi connectivity index (χ0) is 18.5. The molecule has 26 heavy (non-hydrogen) atoms. The van der Waals surface area contributed by atoms with Gasteiger partial charge in [0.15, 0.2) is 0 Å². The minimum Gasteiger partial charge on any atom is -0.466 e. The predicted octanol–water partition coefficient (Wildman–Crippen LogP) is 2.84. The average molecular weight is 359 g/mol. The number of rotatable bonds is 5. The molecule has 7 heteroatoms. The minimum absolute atomic E-state index is 0.0294. The third-order valence-corrected chi connectivity index (χ3v) is 4.66. The summed E-state index contributed by atoms with van der Waals surface area (Å²) in [5, 5.41) is 5.71. The Balaban J connectivity index is 1.56. The minimum atomic E-state index is -0.265. The Bertz CT molecular complexity index is 687. The van der Waals surface area contributed by atoms with Crippen LogP contribution in [0.5, 0.6) is 0 Å². The lowest BCUT2D eigenvalue weighted by molar-refractivity contribution is -0.149. The largest absolute Gasteiger partial charge is 0.466 e. The van der Waals surface area contributed by atoms with Crippen LogP contribution >= 0.6 is 0 Å². The summed E-state index contributed by atoms with van der Waals surface area (Å²) in [6, 6.07) is 6.86. The number of carbonyl (C=O) groups excluding carboxylic acids is 3. The molecule has 1 saturated heterocycles. The summed E-state index contributed by atoms with van der Waals surface area (Å²) in [4.78, 5) is 37.9. The van der Waals surface area contributed by atoms with Crippen LogP contribution in [0.2, 0.25) is 0 Å². The second-order valence-electron chi connectivity index (χ2n) is 6.81. The van der Waals surface area contributed by atoms with Crippen LogP contribution in [0.3, 0.4) is 0 Å². The molecule has 0 spiro atoms. The number of nitrogens with zero attached hydrogens (tertiary/aromatic N) is 1. The Hall–Kier alpha value is -2.57. The number of esters is 1. The van der Waals surface area contributed by atoms with Gasteiger partial charge in [-0.15, -0.1) is 0 Å². The van der Waals surface area contributed by atoms with Crippen molar-refractivity contribution in [3.63, 3.8) is 0 Å². The van der Waals surface area contributed by atoms with Crippen LogP contribution in [0, 0.1) is 11.8 Å². The number of hydrogen-bond donors (Lipinski definition) is 2. The van der Waals surface area contributed by atoms with Crippen molar-refractivity contribution in [2.45, 2.75) is 32.6 Å². The molecule has 1 aromatic rings. The zero-order valence-corrected chi connectivity index (χ0v) is 15.0. The molecule has 2 aliphatic rings. The quantitative estimate of drug-likeness (QED) is 0.792. The van der Waals surface area contributed by atoms with E-state index < -0.39 is 0 Å². The molecule has 140 valence electrons. The van der Waals surface area contributed by atoms with E-state index in [0.29, 0.717) is 31.1 Å². The highest BCUT2D eigenvalue weighted by Crippen LogP contribution is 2.30. The molecule has 7 nitrogen and oxygen atoms in total. The Kier molecular flexibility index (Phi) is 5.75. The molecule has 1 heterocycles. The fourth-order valence-corrected chi connectivity index (χ4v) is 3.08. The number of carbonyl (C=O) groups is 3. The number of nitrogens with one attached hydrogen (secondary N) is 2. The van der Waals surface area contributed by atoms with E-state index in [1.54, 1.807) is 36.1 Å². The van der Waals surface area contributed by atoms with Gasteiger partial charge in [-0.3, -0.25) is 9.59 Å². The molecule has 0 bridgehead atoms. The highest BCUT2D eigenvalue weighted by atomic mass is 16.5. The highest BCUT2D eigenvalue weighted by Gasteiger charge is 2.30. The molecule has 0 aromatic heterocycles. The van der Waals surface area contributed by atoms with Crippen molar-refractivity contribution in [1.82, 2.24) is 4.90 Å². The van der Waals surface area contributed by atoms with Gasteiger partial charge in [-0.2, -0.15) is 0 Å². The maximum Gasteiger partial charge on any atom is 0.321 e. The standard InChI is InChI=1S/C19H25N3O4/c1-2-26-18(24)14-5-4-10-22(12-14)19(25)21-16-7-3-6-15(11-16)20-17(23)13-8-9-13/h3,6-7,11,13-14H,2,4-5,8-10,12H2,1H3,(H,20,23)(H,21,25)/t14-/m0/s1. The fourth-order valence-electron chi connectivity index (χ4n) is 3.08. The van der Waals surface area contributed by atoms with Gasteiger partial charge in [0, 0.05) is 30.4 Å². The molecule has 0 unspecified atom stereocenters. The van der Waals surface area contributed by atoms with Gasteiger partial charge in [0.2, 0.25) is 5.91 Å². The summed E-state index contributed by atoms with van der Waals surface area (Å²) in [5.74, 6) is -0.350.